The molecular weight excluding hydrogens is 233 g/mol. The molecule has 0 aliphatic rings. The minimum Gasteiger partial charge on any atom is -0.355 e. The van der Waals surface area contributed by atoms with Gasteiger partial charge in [0.05, 0.1) is 6.04 Å². The van der Waals surface area contributed by atoms with Crippen LogP contribution < -0.4 is 11.1 Å². The van der Waals surface area contributed by atoms with Gasteiger partial charge in [-0.05, 0) is 18.8 Å². The summed E-state index contributed by atoms with van der Waals surface area (Å²) in [6.07, 6.45) is -3.78. The number of nitrogens with two attached hydrogens (primary N) is 1. The Hall–Kier alpha value is -0.780. The largest absolute Gasteiger partial charge is 0.389 e. The predicted octanol–water partition coefficient (Wildman–Crippen LogP) is 2.21. The summed E-state index contributed by atoms with van der Waals surface area (Å²) in [5.41, 5.74) is 5.66. The monoisotopic (exact) mass is 254 g/mol. The Morgan fingerprint density at radius 3 is 2.41 bits per heavy atom. The van der Waals surface area contributed by atoms with E-state index in [-0.39, 0.29) is 24.8 Å². The summed E-state index contributed by atoms with van der Waals surface area (Å²) < 4.78 is 35.4. The standard InChI is InChI=1S/C11H21F3N2O/c1-3-8(2)9(15)10(17)16-7-5-4-6-11(12,13)14/h8-9H,3-7,15H2,1-2H3,(H,16,17)/t8?,9-/m0/s1. The molecule has 0 rings (SSSR count). The van der Waals surface area contributed by atoms with Crippen molar-refractivity contribution in [1.82, 2.24) is 5.32 Å². The van der Waals surface area contributed by atoms with Crippen LogP contribution in [-0.2, 0) is 4.79 Å². The van der Waals surface area contributed by atoms with Gasteiger partial charge in [0.25, 0.3) is 0 Å². The number of unbranched alkanes of at least 4 members (excludes halogenated alkanes) is 1. The maximum Gasteiger partial charge on any atom is 0.389 e. The van der Waals surface area contributed by atoms with E-state index in [1.54, 1.807) is 0 Å². The number of amides is 1. The van der Waals surface area contributed by atoms with E-state index in [1.165, 1.54) is 0 Å². The molecule has 0 bridgehead atoms. The molecule has 0 saturated carbocycles. The summed E-state index contributed by atoms with van der Waals surface area (Å²) >= 11 is 0. The van der Waals surface area contributed by atoms with Crippen LogP contribution in [0.5, 0.6) is 0 Å². The van der Waals surface area contributed by atoms with Crippen LogP contribution in [-0.4, -0.2) is 24.7 Å². The summed E-state index contributed by atoms with van der Waals surface area (Å²) in [5, 5.41) is 2.55. The van der Waals surface area contributed by atoms with E-state index in [4.69, 9.17) is 5.73 Å². The van der Waals surface area contributed by atoms with Crippen LogP contribution in [0.3, 0.4) is 0 Å². The van der Waals surface area contributed by atoms with Crippen LogP contribution >= 0.6 is 0 Å². The molecule has 0 aromatic carbocycles. The molecule has 17 heavy (non-hydrogen) atoms. The maximum atomic E-state index is 11.8. The van der Waals surface area contributed by atoms with Crippen molar-refractivity contribution in [3.63, 3.8) is 0 Å². The molecule has 1 amide bonds. The summed E-state index contributed by atoms with van der Waals surface area (Å²) in [4.78, 5) is 11.4. The Bertz CT molecular complexity index is 231. The van der Waals surface area contributed by atoms with Crippen molar-refractivity contribution >= 4 is 5.91 Å². The van der Waals surface area contributed by atoms with Gasteiger partial charge >= 0.3 is 6.18 Å². The third-order valence-electron chi connectivity index (χ3n) is 2.75. The Morgan fingerprint density at radius 2 is 1.94 bits per heavy atom. The first kappa shape index (κ1) is 16.2. The van der Waals surface area contributed by atoms with Crippen molar-refractivity contribution in [2.75, 3.05) is 6.54 Å². The van der Waals surface area contributed by atoms with Gasteiger partial charge in [-0.2, -0.15) is 13.2 Å². The minimum atomic E-state index is -4.11. The Balaban J connectivity index is 3.65. The molecule has 3 N–H and O–H groups in total. The van der Waals surface area contributed by atoms with Gasteiger partial charge in [-0.15, -0.1) is 0 Å². The highest BCUT2D eigenvalue weighted by molar-refractivity contribution is 5.81. The van der Waals surface area contributed by atoms with Crippen molar-refractivity contribution in [3.8, 4) is 0 Å². The first-order valence-corrected chi connectivity index (χ1v) is 5.88. The molecule has 0 radical (unpaired) electrons. The Morgan fingerprint density at radius 1 is 1.35 bits per heavy atom. The third-order valence-corrected chi connectivity index (χ3v) is 2.75. The number of nitrogens with one attached hydrogen (secondary N) is 1. The van der Waals surface area contributed by atoms with Crippen molar-refractivity contribution in [2.45, 2.75) is 51.7 Å². The topological polar surface area (TPSA) is 55.1 Å². The van der Waals surface area contributed by atoms with Crippen LogP contribution in [0.1, 0.15) is 39.5 Å². The smallest absolute Gasteiger partial charge is 0.355 e. The van der Waals surface area contributed by atoms with E-state index in [2.05, 4.69) is 5.32 Å². The molecule has 2 atom stereocenters. The highest BCUT2D eigenvalue weighted by Crippen LogP contribution is 2.21. The molecule has 6 heteroatoms. The molecule has 3 nitrogen and oxygen atoms in total. The number of halogens is 3. The number of carbonyl (C=O) groups excluding carboxylic acids is 1. The quantitative estimate of drug-likeness (QED) is 0.684. The highest BCUT2D eigenvalue weighted by atomic mass is 19.4. The Kier molecular flexibility index (Phi) is 7.18. The first-order chi connectivity index (χ1) is 7.78. The van der Waals surface area contributed by atoms with Gasteiger partial charge in [0.15, 0.2) is 0 Å². The summed E-state index contributed by atoms with van der Waals surface area (Å²) in [7, 11) is 0. The molecule has 0 spiro atoms. The maximum absolute atomic E-state index is 11.8. The van der Waals surface area contributed by atoms with E-state index in [0.29, 0.717) is 6.42 Å². The molecule has 0 saturated heterocycles. The van der Waals surface area contributed by atoms with Crippen molar-refractivity contribution in [1.29, 1.82) is 0 Å². The van der Waals surface area contributed by atoms with Gasteiger partial charge in [-0.25, -0.2) is 0 Å². The third kappa shape index (κ3) is 8.01. The van der Waals surface area contributed by atoms with Gasteiger partial charge in [0, 0.05) is 13.0 Å². The lowest BCUT2D eigenvalue weighted by Gasteiger charge is -2.17. The molecule has 0 aliphatic heterocycles. The van der Waals surface area contributed by atoms with Crippen LogP contribution in [0.2, 0.25) is 0 Å². The van der Waals surface area contributed by atoms with Crippen molar-refractivity contribution in [2.24, 2.45) is 11.7 Å². The van der Waals surface area contributed by atoms with Crippen LogP contribution in [0, 0.1) is 5.92 Å². The molecule has 0 aromatic rings. The lowest BCUT2D eigenvalue weighted by molar-refractivity contribution is -0.135. The SMILES string of the molecule is CCC(C)[C@H](N)C(=O)NCCCCC(F)(F)F. The van der Waals surface area contributed by atoms with E-state index >= 15 is 0 Å². The zero-order valence-electron chi connectivity index (χ0n) is 10.3. The minimum absolute atomic E-state index is 0.0301. The highest BCUT2D eigenvalue weighted by Gasteiger charge is 2.26. The van der Waals surface area contributed by atoms with Gasteiger partial charge in [0.2, 0.25) is 5.91 Å². The predicted molar refractivity (Wildman–Crippen MR) is 60.3 cm³/mol. The first-order valence-electron chi connectivity index (χ1n) is 5.88. The molecule has 0 heterocycles. The second-order valence-electron chi connectivity index (χ2n) is 4.27. The van der Waals surface area contributed by atoms with Crippen molar-refractivity contribution < 1.29 is 18.0 Å². The molecule has 0 fully saturated rings. The zero-order chi connectivity index (χ0) is 13.5. The summed E-state index contributed by atoms with van der Waals surface area (Å²) in [6, 6.07) is -0.581. The van der Waals surface area contributed by atoms with Gasteiger partial charge in [0.1, 0.15) is 0 Å². The van der Waals surface area contributed by atoms with E-state index in [9.17, 15) is 18.0 Å². The van der Waals surface area contributed by atoms with E-state index < -0.39 is 18.6 Å². The van der Waals surface area contributed by atoms with E-state index in [1.807, 2.05) is 13.8 Å². The summed E-state index contributed by atoms with van der Waals surface area (Å²) in [6.45, 7) is 4.05. The average Bonchev–Trinajstić information content (AvgIpc) is 2.24. The number of rotatable bonds is 7. The van der Waals surface area contributed by atoms with Gasteiger partial charge < -0.3 is 11.1 Å². The van der Waals surface area contributed by atoms with Gasteiger partial charge in [-0.3, -0.25) is 4.79 Å². The van der Waals surface area contributed by atoms with Crippen molar-refractivity contribution in [3.05, 3.63) is 0 Å². The Labute approximate surface area is 99.9 Å². The van der Waals surface area contributed by atoms with Crippen LogP contribution in [0.25, 0.3) is 0 Å². The molecular formula is C11H21F3N2O. The molecule has 102 valence electrons. The number of hydrogen-bond donors (Lipinski definition) is 2. The second kappa shape index (κ2) is 7.53. The fourth-order valence-corrected chi connectivity index (χ4v) is 1.29. The number of hydrogen-bond acceptors (Lipinski definition) is 2. The van der Waals surface area contributed by atoms with E-state index in [0.717, 1.165) is 6.42 Å². The normalized spacial score (nSPS) is 15.4. The number of carbonyl (C=O) groups is 1. The average molecular weight is 254 g/mol. The zero-order valence-corrected chi connectivity index (χ0v) is 10.3. The lowest BCUT2D eigenvalue weighted by Crippen LogP contribution is -2.44. The molecule has 1 unspecified atom stereocenters. The summed E-state index contributed by atoms with van der Waals surface area (Å²) in [5.74, 6) is -0.212. The van der Waals surface area contributed by atoms with Crippen LogP contribution in [0.15, 0.2) is 0 Å². The number of alkyl halides is 3. The van der Waals surface area contributed by atoms with Gasteiger partial charge in [-0.1, -0.05) is 20.3 Å². The lowest BCUT2D eigenvalue weighted by atomic mass is 9.99. The molecule has 0 aliphatic carbocycles. The molecule has 0 aromatic heterocycles. The van der Waals surface area contributed by atoms with Crippen LogP contribution in [0.4, 0.5) is 13.2 Å². The fourth-order valence-electron chi connectivity index (χ4n) is 1.29. The second-order valence-corrected chi connectivity index (χ2v) is 4.27. The fraction of sp³-hybridized carbons (Fsp3) is 0.909.